The summed E-state index contributed by atoms with van der Waals surface area (Å²) in [6.07, 6.45) is 0.862. The van der Waals surface area contributed by atoms with E-state index in [0.29, 0.717) is 24.4 Å². The SMILES string of the molecule is CC1(C)CC(CNC(=O)c2c(-c3ccccc3)c(-c3ccccc3)n[nH]c2=O)CO1. The standard InChI is InChI=1S/C24H25N3O3/c1-24(2)13-16(15-30-24)14-25-22(28)20-19(17-9-5-3-6-10-17)21(26-27-23(20)29)18-11-7-4-8-12-18/h3-12,16H,13-15H2,1-2H3,(H,25,28)(H,27,29). The molecule has 1 aliphatic rings. The fourth-order valence-electron chi connectivity index (χ4n) is 3.97. The van der Waals surface area contributed by atoms with E-state index >= 15 is 0 Å². The van der Waals surface area contributed by atoms with E-state index in [-0.39, 0.29) is 17.1 Å². The van der Waals surface area contributed by atoms with Crippen molar-refractivity contribution in [3.05, 3.63) is 76.6 Å². The number of benzene rings is 2. The van der Waals surface area contributed by atoms with Gasteiger partial charge in [0.05, 0.1) is 17.9 Å². The van der Waals surface area contributed by atoms with Gasteiger partial charge in [-0.2, -0.15) is 5.10 Å². The van der Waals surface area contributed by atoms with Gasteiger partial charge < -0.3 is 10.1 Å². The Hall–Kier alpha value is -3.25. The number of amides is 1. The quantitative estimate of drug-likeness (QED) is 0.681. The molecule has 0 bridgehead atoms. The average Bonchev–Trinajstić information content (AvgIpc) is 3.11. The van der Waals surface area contributed by atoms with Gasteiger partial charge in [0.15, 0.2) is 0 Å². The van der Waals surface area contributed by atoms with Crippen LogP contribution in [0.3, 0.4) is 0 Å². The molecule has 30 heavy (non-hydrogen) atoms. The first-order chi connectivity index (χ1) is 14.4. The predicted octanol–water partition coefficient (Wildman–Crippen LogP) is 3.65. The van der Waals surface area contributed by atoms with E-state index in [1.165, 1.54) is 0 Å². The number of ether oxygens (including phenoxy) is 1. The highest BCUT2D eigenvalue weighted by atomic mass is 16.5. The van der Waals surface area contributed by atoms with Crippen molar-refractivity contribution in [3.8, 4) is 22.4 Å². The molecular weight excluding hydrogens is 378 g/mol. The monoisotopic (exact) mass is 403 g/mol. The van der Waals surface area contributed by atoms with Crippen LogP contribution in [-0.4, -0.2) is 34.9 Å². The topological polar surface area (TPSA) is 84.1 Å². The summed E-state index contributed by atoms with van der Waals surface area (Å²) in [6.45, 7) is 5.14. The Morgan fingerprint density at radius 1 is 1.10 bits per heavy atom. The first-order valence-electron chi connectivity index (χ1n) is 10.1. The molecule has 2 heterocycles. The van der Waals surface area contributed by atoms with E-state index < -0.39 is 11.5 Å². The molecule has 4 rings (SSSR count). The van der Waals surface area contributed by atoms with Gasteiger partial charge >= 0.3 is 0 Å². The van der Waals surface area contributed by atoms with Crippen LogP contribution in [0.15, 0.2) is 65.5 Å². The zero-order chi connectivity index (χ0) is 21.1. The molecule has 2 N–H and O–H groups in total. The lowest BCUT2D eigenvalue weighted by Crippen LogP contribution is -2.35. The molecule has 1 aromatic heterocycles. The van der Waals surface area contributed by atoms with Crippen LogP contribution in [-0.2, 0) is 4.74 Å². The second-order valence-corrected chi connectivity index (χ2v) is 8.23. The summed E-state index contributed by atoms with van der Waals surface area (Å²) >= 11 is 0. The second kappa shape index (κ2) is 8.24. The smallest absolute Gasteiger partial charge is 0.277 e. The molecule has 0 aliphatic carbocycles. The molecule has 1 atom stereocenters. The number of hydrogen-bond donors (Lipinski definition) is 2. The predicted molar refractivity (Wildman–Crippen MR) is 116 cm³/mol. The molecule has 154 valence electrons. The molecule has 1 fully saturated rings. The van der Waals surface area contributed by atoms with Gasteiger partial charge in [-0.15, -0.1) is 0 Å². The van der Waals surface area contributed by atoms with Gasteiger partial charge in [0, 0.05) is 23.6 Å². The maximum absolute atomic E-state index is 13.2. The summed E-state index contributed by atoms with van der Waals surface area (Å²) in [5.41, 5.74) is 2.09. The van der Waals surface area contributed by atoms with Gasteiger partial charge in [-0.25, -0.2) is 5.10 Å². The van der Waals surface area contributed by atoms with Gasteiger partial charge in [-0.1, -0.05) is 60.7 Å². The lowest BCUT2D eigenvalue weighted by molar-refractivity contribution is 0.0350. The van der Waals surface area contributed by atoms with E-state index in [4.69, 9.17) is 4.74 Å². The molecule has 0 radical (unpaired) electrons. The number of carbonyl (C=O) groups is 1. The average molecular weight is 403 g/mol. The summed E-state index contributed by atoms with van der Waals surface area (Å²) in [7, 11) is 0. The number of aromatic amines is 1. The molecule has 1 unspecified atom stereocenters. The van der Waals surface area contributed by atoms with Crippen molar-refractivity contribution >= 4 is 5.91 Å². The number of nitrogens with one attached hydrogen (secondary N) is 2. The summed E-state index contributed by atoms with van der Waals surface area (Å²) in [4.78, 5) is 25.9. The number of rotatable bonds is 5. The van der Waals surface area contributed by atoms with Gasteiger partial charge in [0.1, 0.15) is 5.56 Å². The van der Waals surface area contributed by atoms with Crippen molar-refractivity contribution in [2.45, 2.75) is 25.9 Å². The first kappa shape index (κ1) is 20.0. The Bertz CT molecular complexity index is 1090. The largest absolute Gasteiger partial charge is 0.375 e. The first-order valence-corrected chi connectivity index (χ1v) is 10.1. The van der Waals surface area contributed by atoms with Crippen LogP contribution in [0.4, 0.5) is 0 Å². The molecule has 2 aromatic carbocycles. The zero-order valence-electron chi connectivity index (χ0n) is 17.1. The highest BCUT2D eigenvalue weighted by molar-refractivity contribution is 6.03. The Labute approximate surface area is 175 Å². The van der Waals surface area contributed by atoms with Crippen molar-refractivity contribution < 1.29 is 9.53 Å². The summed E-state index contributed by atoms with van der Waals surface area (Å²) in [5.74, 6) is -0.182. The highest BCUT2D eigenvalue weighted by Crippen LogP contribution is 2.32. The van der Waals surface area contributed by atoms with Crippen molar-refractivity contribution in [3.63, 3.8) is 0 Å². The molecule has 3 aromatic rings. The second-order valence-electron chi connectivity index (χ2n) is 8.23. The van der Waals surface area contributed by atoms with Gasteiger partial charge in [-0.3, -0.25) is 9.59 Å². The van der Waals surface area contributed by atoms with Crippen LogP contribution in [0.1, 0.15) is 30.6 Å². The molecule has 0 spiro atoms. The lowest BCUT2D eigenvalue weighted by Gasteiger charge is -2.16. The maximum atomic E-state index is 13.2. The van der Waals surface area contributed by atoms with Crippen LogP contribution < -0.4 is 10.9 Å². The Balaban J connectivity index is 1.73. The summed E-state index contributed by atoms with van der Waals surface area (Å²) < 4.78 is 5.76. The van der Waals surface area contributed by atoms with Crippen molar-refractivity contribution in [2.24, 2.45) is 5.92 Å². The van der Waals surface area contributed by atoms with E-state index in [1.54, 1.807) is 0 Å². The van der Waals surface area contributed by atoms with Crippen LogP contribution in [0.5, 0.6) is 0 Å². The van der Waals surface area contributed by atoms with Gasteiger partial charge in [-0.05, 0) is 25.8 Å². The number of H-pyrrole nitrogens is 1. The van der Waals surface area contributed by atoms with Crippen LogP contribution >= 0.6 is 0 Å². The van der Waals surface area contributed by atoms with E-state index in [1.807, 2.05) is 74.5 Å². The highest BCUT2D eigenvalue weighted by Gasteiger charge is 2.32. The molecule has 6 heteroatoms. The minimum Gasteiger partial charge on any atom is -0.375 e. The zero-order valence-corrected chi connectivity index (χ0v) is 17.1. The normalized spacial score (nSPS) is 17.6. The van der Waals surface area contributed by atoms with Crippen LogP contribution in [0, 0.1) is 5.92 Å². The van der Waals surface area contributed by atoms with Gasteiger partial charge in [0.2, 0.25) is 0 Å². The van der Waals surface area contributed by atoms with Crippen LogP contribution in [0.25, 0.3) is 22.4 Å². The van der Waals surface area contributed by atoms with E-state index in [9.17, 15) is 9.59 Å². The van der Waals surface area contributed by atoms with Crippen molar-refractivity contribution in [2.75, 3.05) is 13.2 Å². The molecule has 1 amide bonds. The molecule has 0 saturated carbocycles. The van der Waals surface area contributed by atoms with Crippen molar-refractivity contribution in [1.82, 2.24) is 15.5 Å². The fraction of sp³-hybridized carbons (Fsp3) is 0.292. The molecular formula is C24H25N3O3. The third-order valence-corrected chi connectivity index (χ3v) is 5.36. The number of aromatic nitrogens is 2. The number of hydrogen-bond acceptors (Lipinski definition) is 4. The minimum atomic E-state index is -0.506. The minimum absolute atomic E-state index is 0.0771. The number of carbonyl (C=O) groups excluding carboxylic acids is 1. The molecule has 1 aliphatic heterocycles. The van der Waals surface area contributed by atoms with E-state index in [2.05, 4.69) is 15.5 Å². The Kier molecular flexibility index (Phi) is 5.50. The number of nitrogens with zero attached hydrogens (tertiary/aromatic N) is 1. The Morgan fingerprint density at radius 2 is 1.73 bits per heavy atom. The maximum Gasteiger partial charge on any atom is 0.277 e. The van der Waals surface area contributed by atoms with E-state index in [0.717, 1.165) is 17.5 Å². The fourth-order valence-corrected chi connectivity index (χ4v) is 3.97. The lowest BCUT2D eigenvalue weighted by atomic mass is 9.94. The van der Waals surface area contributed by atoms with Crippen LogP contribution in [0.2, 0.25) is 0 Å². The third kappa shape index (κ3) is 4.19. The molecule has 1 saturated heterocycles. The summed E-state index contributed by atoms with van der Waals surface area (Å²) in [5, 5.41) is 9.74. The third-order valence-electron chi connectivity index (χ3n) is 5.36. The summed E-state index contributed by atoms with van der Waals surface area (Å²) in [6, 6.07) is 19.0. The van der Waals surface area contributed by atoms with Crippen molar-refractivity contribution in [1.29, 1.82) is 0 Å². The Morgan fingerprint density at radius 3 is 2.33 bits per heavy atom. The molecule has 6 nitrogen and oxygen atoms in total. The van der Waals surface area contributed by atoms with Gasteiger partial charge in [0.25, 0.3) is 11.5 Å².